The number of hydrogen-bond acceptors (Lipinski definition) is 5. The molecule has 0 saturated heterocycles. The molecule has 132 valence electrons. The normalized spacial score (nSPS) is 10.5. The van der Waals surface area contributed by atoms with Crippen LogP contribution in [-0.4, -0.2) is 26.8 Å². The molecule has 0 bridgehead atoms. The van der Waals surface area contributed by atoms with E-state index in [1.54, 1.807) is 6.07 Å². The summed E-state index contributed by atoms with van der Waals surface area (Å²) in [4.78, 5) is 26.6. The molecule has 0 saturated carbocycles. The molecule has 26 heavy (non-hydrogen) atoms. The van der Waals surface area contributed by atoms with E-state index in [9.17, 15) is 14.0 Å². The fourth-order valence-corrected chi connectivity index (χ4v) is 2.82. The van der Waals surface area contributed by atoms with Crippen LogP contribution in [0.3, 0.4) is 0 Å². The molecule has 3 rings (SSSR count). The Kier molecular flexibility index (Phi) is 5.75. The van der Waals surface area contributed by atoms with Gasteiger partial charge in [-0.05, 0) is 23.8 Å². The van der Waals surface area contributed by atoms with Crippen molar-refractivity contribution in [1.29, 1.82) is 0 Å². The predicted octanol–water partition coefficient (Wildman–Crippen LogP) is 2.63. The van der Waals surface area contributed by atoms with Crippen LogP contribution in [0.25, 0.3) is 0 Å². The van der Waals surface area contributed by atoms with Crippen LogP contribution in [0.15, 0.2) is 64.5 Å². The van der Waals surface area contributed by atoms with Crippen molar-refractivity contribution in [3.8, 4) is 0 Å². The summed E-state index contributed by atoms with van der Waals surface area (Å²) in [7, 11) is 0. The van der Waals surface area contributed by atoms with E-state index in [0.29, 0.717) is 17.8 Å². The lowest BCUT2D eigenvalue weighted by Crippen LogP contribution is -2.19. The number of H-pyrrole nitrogens is 1. The van der Waals surface area contributed by atoms with Crippen molar-refractivity contribution >= 4 is 23.4 Å². The predicted molar refractivity (Wildman–Crippen MR) is 97.7 cm³/mol. The van der Waals surface area contributed by atoms with E-state index in [4.69, 9.17) is 0 Å². The highest BCUT2D eigenvalue weighted by atomic mass is 32.2. The molecule has 2 aromatic carbocycles. The summed E-state index contributed by atoms with van der Waals surface area (Å²) in [6, 6.07) is 15.1. The first kappa shape index (κ1) is 17.8. The number of nitrogens with one attached hydrogen (secondary N) is 2. The molecule has 6 nitrogen and oxygen atoms in total. The van der Waals surface area contributed by atoms with E-state index in [1.165, 1.54) is 18.2 Å². The highest BCUT2D eigenvalue weighted by Crippen LogP contribution is 2.13. The second-order valence-corrected chi connectivity index (χ2v) is 6.38. The Labute approximate surface area is 152 Å². The zero-order valence-corrected chi connectivity index (χ0v) is 14.4. The lowest BCUT2D eigenvalue weighted by atomic mass is 10.1. The van der Waals surface area contributed by atoms with Crippen LogP contribution < -0.4 is 10.9 Å². The lowest BCUT2D eigenvalue weighted by molar-refractivity contribution is -0.113. The summed E-state index contributed by atoms with van der Waals surface area (Å²) in [6.45, 7) is 0. The SMILES string of the molecule is O=C(CSc1nnc(Cc2ccccc2)c(=O)[nH]1)Nc1cccc(F)c1. The number of benzene rings is 2. The maximum Gasteiger partial charge on any atom is 0.273 e. The van der Waals surface area contributed by atoms with Gasteiger partial charge in [-0.2, -0.15) is 0 Å². The highest BCUT2D eigenvalue weighted by molar-refractivity contribution is 7.99. The number of amides is 1. The molecule has 0 spiro atoms. The summed E-state index contributed by atoms with van der Waals surface area (Å²) >= 11 is 1.05. The molecule has 0 unspecified atom stereocenters. The first-order chi connectivity index (χ1) is 12.6. The summed E-state index contributed by atoms with van der Waals surface area (Å²) < 4.78 is 13.1. The Morgan fingerprint density at radius 1 is 1.12 bits per heavy atom. The Bertz CT molecular complexity index is 963. The van der Waals surface area contributed by atoms with Gasteiger partial charge in [0.05, 0.1) is 5.75 Å². The molecule has 0 radical (unpaired) electrons. The molecular weight excluding hydrogens is 355 g/mol. The molecule has 0 aliphatic heterocycles. The van der Waals surface area contributed by atoms with Gasteiger partial charge in [-0.1, -0.05) is 48.2 Å². The van der Waals surface area contributed by atoms with Gasteiger partial charge in [-0.15, -0.1) is 10.2 Å². The maximum absolute atomic E-state index is 13.1. The number of halogens is 1. The van der Waals surface area contributed by atoms with E-state index < -0.39 is 5.82 Å². The van der Waals surface area contributed by atoms with Crippen LogP contribution in [0.2, 0.25) is 0 Å². The molecular formula is C18H15FN4O2S. The first-order valence-electron chi connectivity index (χ1n) is 7.78. The smallest absolute Gasteiger partial charge is 0.273 e. The van der Waals surface area contributed by atoms with Crippen molar-refractivity contribution in [3.63, 3.8) is 0 Å². The lowest BCUT2D eigenvalue weighted by Gasteiger charge is -2.05. The summed E-state index contributed by atoms with van der Waals surface area (Å²) in [5.41, 5.74) is 1.30. The van der Waals surface area contributed by atoms with Crippen LogP contribution in [0.1, 0.15) is 11.3 Å². The Balaban J connectivity index is 1.57. The topological polar surface area (TPSA) is 87.7 Å². The second-order valence-electron chi connectivity index (χ2n) is 5.42. The van der Waals surface area contributed by atoms with Gasteiger partial charge < -0.3 is 5.32 Å². The van der Waals surface area contributed by atoms with Crippen molar-refractivity contribution in [2.24, 2.45) is 0 Å². The van der Waals surface area contributed by atoms with Gasteiger partial charge in [-0.25, -0.2) is 4.39 Å². The quantitative estimate of drug-likeness (QED) is 0.651. The van der Waals surface area contributed by atoms with Crippen molar-refractivity contribution in [1.82, 2.24) is 15.2 Å². The third-order valence-electron chi connectivity index (χ3n) is 3.41. The van der Waals surface area contributed by atoms with Crippen LogP contribution in [0.5, 0.6) is 0 Å². The number of carbonyl (C=O) groups is 1. The highest BCUT2D eigenvalue weighted by Gasteiger charge is 2.09. The number of aromatic nitrogens is 3. The van der Waals surface area contributed by atoms with E-state index in [0.717, 1.165) is 17.3 Å². The molecule has 0 atom stereocenters. The number of anilines is 1. The van der Waals surface area contributed by atoms with Gasteiger partial charge in [0.15, 0.2) is 5.16 Å². The number of carbonyl (C=O) groups excluding carboxylic acids is 1. The molecule has 3 aromatic rings. The van der Waals surface area contributed by atoms with Gasteiger partial charge in [0.25, 0.3) is 5.56 Å². The van der Waals surface area contributed by atoms with Gasteiger partial charge in [0.2, 0.25) is 5.91 Å². The molecule has 1 heterocycles. The number of aromatic amines is 1. The van der Waals surface area contributed by atoms with Crippen LogP contribution in [0.4, 0.5) is 10.1 Å². The zero-order valence-electron chi connectivity index (χ0n) is 13.6. The monoisotopic (exact) mass is 370 g/mol. The third kappa shape index (κ3) is 5.00. The number of thioether (sulfide) groups is 1. The van der Waals surface area contributed by atoms with E-state index in [1.807, 2.05) is 30.3 Å². The van der Waals surface area contributed by atoms with Crippen LogP contribution in [0, 0.1) is 5.82 Å². The second kappa shape index (κ2) is 8.39. The maximum atomic E-state index is 13.1. The first-order valence-corrected chi connectivity index (χ1v) is 8.77. The Morgan fingerprint density at radius 2 is 1.92 bits per heavy atom. The molecule has 0 fully saturated rings. The number of rotatable bonds is 6. The average Bonchev–Trinajstić information content (AvgIpc) is 2.63. The van der Waals surface area contributed by atoms with Crippen molar-refractivity contribution in [3.05, 3.63) is 82.0 Å². The fraction of sp³-hybridized carbons (Fsp3) is 0.111. The van der Waals surface area contributed by atoms with Gasteiger partial charge in [-0.3, -0.25) is 14.6 Å². The standard InChI is InChI=1S/C18H15FN4O2S/c19-13-7-4-8-14(10-13)20-16(24)11-26-18-21-17(25)15(22-23-18)9-12-5-2-1-3-6-12/h1-8,10H,9,11H2,(H,20,24)(H,21,23,25). The molecule has 8 heteroatoms. The number of hydrogen-bond donors (Lipinski definition) is 2. The van der Waals surface area contributed by atoms with Gasteiger partial charge in [0.1, 0.15) is 11.5 Å². The minimum atomic E-state index is -0.431. The summed E-state index contributed by atoms with van der Waals surface area (Å²) in [5.74, 6) is -0.754. The summed E-state index contributed by atoms with van der Waals surface area (Å²) in [6.07, 6.45) is 0.383. The molecule has 1 aromatic heterocycles. The minimum absolute atomic E-state index is 0.0131. The van der Waals surface area contributed by atoms with Crippen molar-refractivity contribution in [2.75, 3.05) is 11.1 Å². The van der Waals surface area contributed by atoms with Crippen LogP contribution in [-0.2, 0) is 11.2 Å². The Morgan fingerprint density at radius 3 is 2.65 bits per heavy atom. The Hall–Kier alpha value is -3.00. The molecule has 2 N–H and O–H groups in total. The number of nitrogens with zero attached hydrogens (tertiary/aromatic N) is 2. The van der Waals surface area contributed by atoms with E-state index >= 15 is 0 Å². The van der Waals surface area contributed by atoms with Crippen LogP contribution >= 0.6 is 11.8 Å². The van der Waals surface area contributed by atoms with Crippen molar-refractivity contribution in [2.45, 2.75) is 11.6 Å². The van der Waals surface area contributed by atoms with Gasteiger partial charge in [0, 0.05) is 12.1 Å². The zero-order chi connectivity index (χ0) is 18.4. The third-order valence-corrected chi connectivity index (χ3v) is 4.27. The largest absolute Gasteiger partial charge is 0.325 e. The fourth-order valence-electron chi connectivity index (χ4n) is 2.21. The molecule has 0 aliphatic carbocycles. The minimum Gasteiger partial charge on any atom is -0.325 e. The molecule has 0 aliphatic rings. The van der Waals surface area contributed by atoms with Gasteiger partial charge >= 0.3 is 0 Å². The van der Waals surface area contributed by atoms with E-state index in [-0.39, 0.29) is 22.4 Å². The van der Waals surface area contributed by atoms with E-state index in [2.05, 4.69) is 20.5 Å². The summed E-state index contributed by atoms with van der Waals surface area (Å²) in [5, 5.41) is 10.7. The average molecular weight is 370 g/mol. The molecule has 1 amide bonds. The van der Waals surface area contributed by atoms with Crippen molar-refractivity contribution < 1.29 is 9.18 Å².